The fourth-order valence-electron chi connectivity index (χ4n) is 2.83. The summed E-state index contributed by atoms with van der Waals surface area (Å²) in [5, 5.41) is 14.9. The van der Waals surface area contributed by atoms with Crippen LogP contribution >= 0.6 is 0 Å². The van der Waals surface area contributed by atoms with Gasteiger partial charge in [-0.3, -0.25) is 9.59 Å². The summed E-state index contributed by atoms with van der Waals surface area (Å²) >= 11 is 0. The maximum Gasteiger partial charge on any atom is 0.330 e. The fourth-order valence-corrected chi connectivity index (χ4v) is 2.83. The molecular formula is C17H30N2O5. The smallest absolute Gasteiger partial charge is 0.330 e. The van der Waals surface area contributed by atoms with Gasteiger partial charge < -0.3 is 20.5 Å². The Morgan fingerprint density at radius 1 is 1.29 bits per heavy atom. The summed E-state index contributed by atoms with van der Waals surface area (Å²) in [7, 11) is 0. The molecular weight excluding hydrogens is 312 g/mol. The normalized spacial score (nSPS) is 26.9. The van der Waals surface area contributed by atoms with Crippen LogP contribution in [0.2, 0.25) is 0 Å². The van der Waals surface area contributed by atoms with Crippen molar-refractivity contribution < 1.29 is 24.2 Å². The zero-order valence-electron chi connectivity index (χ0n) is 15.6. The van der Waals surface area contributed by atoms with Gasteiger partial charge in [-0.2, -0.15) is 0 Å². The molecule has 0 aliphatic heterocycles. The van der Waals surface area contributed by atoms with Gasteiger partial charge in [-0.1, -0.05) is 34.6 Å². The molecule has 1 rings (SSSR count). The van der Waals surface area contributed by atoms with Crippen LogP contribution in [-0.4, -0.2) is 47.2 Å². The first-order valence-corrected chi connectivity index (χ1v) is 8.27. The molecule has 3 N–H and O–H groups in total. The molecule has 0 aromatic heterocycles. The van der Waals surface area contributed by atoms with E-state index in [-0.39, 0.29) is 18.4 Å². The first kappa shape index (κ1) is 20.4. The monoisotopic (exact) mass is 342 g/mol. The summed E-state index contributed by atoms with van der Waals surface area (Å²) in [5.74, 6) is -1.88. The molecule has 3 unspecified atom stereocenters. The lowest BCUT2D eigenvalue weighted by Gasteiger charge is -2.58. The molecule has 7 nitrogen and oxygen atoms in total. The summed E-state index contributed by atoms with van der Waals surface area (Å²) < 4.78 is 5.57. The Balaban J connectivity index is 2.86. The molecule has 138 valence electrons. The lowest BCUT2D eigenvalue weighted by Crippen LogP contribution is -2.77. The molecule has 2 amide bonds. The number of rotatable bonds is 6. The number of aliphatic carboxylic acids is 1. The number of carboxylic acid groups (broad SMARTS) is 1. The molecule has 0 saturated heterocycles. The highest BCUT2D eigenvalue weighted by molar-refractivity contribution is 5.94. The third-order valence-corrected chi connectivity index (χ3v) is 4.89. The van der Waals surface area contributed by atoms with Gasteiger partial charge in [0.2, 0.25) is 11.8 Å². The molecule has 1 aliphatic carbocycles. The van der Waals surface area contributed by atoms with Crippen molar-refractivity contribution in [2.75, 3.05) is 6.61 Å². The van der Waals surface area contributed by atoms with E-state index in [1.807, 2.05) is 6.92 Å². The summed E-state index contributed by atoms with van der Waals surface area (Å²) in [6, 6.07) is -0.824. The minimum Gasteiger partial charge on any atom is -0.479 e. The van der Waals surface area contributed by atoms with Crippen LogP contribution in [-0.2, 0) is 19.1 Å². The Morgan fingerprint density at radius 3 is 2.21 bits per heavy atom. The van der Waals surface area contributed by atoms with E-state index in [0.717, 1.165) is 0 Å². The van der Waals surface area contributed by atoms with Gasteiger partial charge in [0, 0.05) is 23.9 Å². The Hall–Kier alpha value is -1.63. The highest BCUT2D eigenvalue weighted by Gasteiger charge is 2.66. The number of carbonyl (C=O) groups is 3. The van der Waals surface area contributed by atoms with Gasteiger partial charge in [0.05, 0.1) is 6.10 Å². The Labute approximate surface area is 143 Å². The number of hydrogen-bond acceptors (Lipinski definition) is 4. The lowest BCUT2D eigenvalue weighted by molar-refractivity contribution is -0.194. The molecule has 0 spiro atoms. The molecule has 0 radical (unpaired) electrons. The lowest BCUT2D eigenvalue weighted by atomic mass is 9.54. The van der Waals surface area contributed by atoms with Crippen LogP contribution in [0.5, 0.6) is 0 Å². The van der Waals surface area contributed by atoms with Gasteiger partial charge in [0.15, 0.2) is 0 Å². The second-order valence-electron chi connectivity index (χ2n) is 8.01. The van der Waals surface area contributed by atoms with E-state index in [0.29, 0.717) is 6.61 Å². The van der Waals surface area contributed by atoms with Gasteiger partial charge in [-0.05, 0) is 13.8 Å². The van der Waals surface area contributed by atoms with E-state index >= 15 is 0 Å². The number of hydrogen-bond donors (Lipinski definition) is 3. The SMILES string of the molecule is CCOC1CC(NC(=O)C(C)NC(=O)C(C)(C)C)(C(=O)O)C1(C)C. The van der Waals surface area contributed by atoms with Crippen molar-refractivity contribution >= 4 is 17.8 Å². The van der Waals surface area contributed by atoms with Crippen LogP contribution in [0.4, 0.5) is 0 Å². The van der Waals surface area contributed by atoms with Crippen molar-refractivity contribution in [2.24, 2.45) is 10.8 Å². The summed E-state index contributed by atoms with van der Waals surface area (Å²) in [6.07, 6.45) is -0.0344. The predicted molar refractivity (Wildman–Crippen MR) is 89.4 cm³/mol. The third-order valence-electron chi connectivity index (χ3n) is 4.89. The van der Waals surface area contributed by atoms with Gasteiger partial charge >= 0.3 is 5.97 Å². The zero-order valence-corrected chi connectivity index (χ0v) is 15.6. The van der Waals surface area contributed by atoms with E-state index in [1.54, 1.807) is 41.5 Å². The van der Waals surface area contributed by atoms with E-state index in [2.05, 4.69) is 10.6 Å². The van der Waals surface area contributed by atoms with Crippen LogP contribution in [0.25, 0.3) is 0 Å². The Morgan fingerprint density at radius 2 is 1.83 bits per heavy atom. The van der Waals surface area contributed by atoms with Crippen molar-refractivity contribution in [1.29, 1.82) is 0 Å². The third kappa shape index (κ3) is 3.55. The molecule has 1 aliphatic rings. The maximum absolute atomic E-state index is 12.4. The first-order chi connectivity index (χ1) is 10.8. The fraction of sp³-hybridized carbons (Fsp3) is 0.824. The molecule has 0 aromatic rings. The highest BCUT2D eigenvalue weighted by Crippen LogP contribution is 2.51. The van der Waals surface area contributed by atoms with Crippen LogP contribution in [0, 0.1) is 10.8 Å². The zero-order chi connectivity index (χ0) is 18.9. The number of carboxylic acids is 1. The highest BCUT2D eigenvalue weighted by atomic mass is 16.5. The topological polar surface area (TPSA) is 105 Å². The van der Waals surface area contributed by atoms with Crippen molar-refractivity contribution in [3.05, 3.63) is 0 Å². The predicted octanol–water partition coefficient (Wildman–Crippen LogP) is 1.31. The quantitative estimate of drug-likeness (QED) is 0.675. The van der Waals surface area contributed by atoms with Crippen molar-refractivity contribution in [1.82, 2.24) is 10.6 Å². The molecule has 24 heavy (non-hydrogen) atoms. The van der Waals surface area contributed by atoms with E-state index in [4.69, 9.17) is 4.74 Å². The van der Waals surface area contributed by atoms with Crippen LogP contribution < -0.4 is 10.6 Å². The van der Waals surface area contributed by atoms with Gasteiger partial charge in [-0.15, -0.1) is 0 Å². The maximum atomic E-state index is 12.4. The van der Waals surface area contributed by atoms with Gasteiger partial charge in [0.1, 0.15) is 11.6 Å². The van der Waals surface area contributed by atoms with E-state index in [1.165, 1.54) is 0 Å². The number of carbonyl (C=O) groups excluding carboxylic acids is 2. The minimum atomic E-state index is -1.40. The standard InChI is InChI=1S/C17H30N2O5/c1-8-24-11-9-17(14(22)23,16(11,6)7)19-12(20)10(2)18-13(21)15(3,4)5/h10-11H,8-9H2,1-7H3,(H,18,21)(H,19,20)(H,22,23). The summed E-state index contributed by atoms with van der Waals surface area (Å²) in [4.78, 5) is 36.3. The molecule has 7 heteroatoms. The van der Waals surface area contributed by atoms with Gasteiger partial charge in [-0.25, -0.2) is 4.79 Å². The number of amides is 2. The molecule has 0 heterocycles. The van der Waals surface area contributed by atoms with Gasteiger partial charge in [0.25, 0.3) is 0 Å². The van der Waals surface area contributed by atoms with Crippen LogP contribution in [0.3, 0.4) is 0 Å². The Kier molecular flexibility index (Phi) is 5.70. The first-order valence-electron chi connectivity index (χ1n) is 8.27. The van der Waals surface area contributed by atoms with Crippen LogP contribution in [0.1, 0.15) is 54.9 Å². The van der Waals surface area contributed by atoms with Crippen LogP contribution in [0.15, 0.2) is 0 Å². The second kappa shape index (κ2) is 6.70. The molecule has 3 atom stereocenters. The number of ether oxygens (including phenoxy) is 1. The molecule has 0 bridgehead atoms. The summed E-state index contributed by atoms with van der Waals surface area (Å²) in [6.45, 7) is 12.6. The summed E-state index contributed by atoms with van der Waals surface area (Å²) in [5.41, 5.74) is -2.78. The van der Waals surface area contributed by atoms with Crippen molar-refractivity contribution in [3.8, 4) is 0 Å². The average molecular weight is 342 g/mol. The largest absolute Gasteiger partial charge is 0.479 e. The minimum absolute atomic E-state index is 0.203. The Bertz CT molecular complexity index is 524. The average Bonchev–Trinajstić information content (AvgIpc) is 2.44. The van der Waals surface area contributed by atoms with E-state index in [9.17, 15) is 19.5 Å². The van der Waals surface area contributed by atoms with Crippen molar-refractivity contribution in [2.45, 2.75) is 72.6 Å². The molecule has 1 saturated carbocycles. The number of nitrogens with one attached hydrogen (secondary N) is 2. The van der Waals surface area contributed by atoms with Crippen molar-refractivity contribution in [3.63, 3.8) is 0 Å². The van der Waals surface area contributed by atoms with E-state index < -0.39 is 34.3 Å². The second-order valence-corrected chi connectivity index (χ2v) is 8.01. The molecule has 1 fully saturated rings. The molecule has 0 aromatic carbocycles.